The third kappa shape index (κ3) is 8.08. The number of hydrogen-bond acceptors (Lipinski definition) is 7. The van der Waals surface area contributed by atoms with Crippen molar-refractivity contribution < 1.29 is 22.7 Å². The van der Waals surface area contributed by atoms with E-state index in [0.29, 0.717) is 44.7 Å². The van der Waals surface area contributed by atoms with Gasteiger partial charge in [0.25, 0.3) is 5.56 Å². The van der Waals surface area contributed by atoms with Crippen molar-refractivity contribution in [3.8, 4) is 6.07 Å². The predicted molar refractivity (Wildman–Crippen MR) is 182 cm³/mol. The second-order valence-electron chi connectivity index (χ2n) is 13.9. The van der Waals surface area contributed by atoms with E-state index in [1.165, 1.54) is 30.5 Å². The fourth-order valence-electron chi connectivity index (χ4n) is 6.61. The van der Waals surface area contributed by atoms with Crippen LogP contribution >= 0.6 is 0 Å². The van der Waals surface area contributed by atoms with Gasteiger partial charge in [-0.15, -0.1) is 0 Å². The molecule has 3 heterocycles. The van der Waals surface area contributed by atoms with Crippen molar-refractivity contribution in [3.05, 3.63) is 93.9 Å². The molecule has 1 atom stereocenters. The van der Waals surface area contributed by atoms with Crippen LogP contribution in [-0.2, 0) is 16.7 Å². The Bertz CT molecular complexity index is 1750. The molecule has 2 aromatic carbocycles. The molecule has 5 rings (SSSR count). The Balaban J connectivity index is 1.35. The predicted octanol–water partition coefficient (Wildman–Crippen LogP) is 6.21. The van der Waals surface area contributed by atoms with Crippen molar-refractivity contribution in [3.63, 3.8) is 0 Å². The van der Waals surface area contributed by atoms with Gasteiger partial charge in [-0.2, -0.15) is 18.4 Å². The Morgan fingerprint density at radius 1 is 1.04 bits per heavy atom. The molecule has 1 aromatic heterocycles. The van der Waals surface area contributed by atoms with Crippen LogP contribution in [0.5, 0.6) is 0 Å². The van der Waals surface area contributed by atoms with E-state index in [-0.39, 0.29) is 42.0 Å². The second-order valence-corrected chi connectivity index (χ2v) is 13.9. The highest BCUT2D eigenvalue weighted by molar-refractivity contribution is 6.03. The highest BCUT2D eigenvalue weighted by atomic mass is 19.4. The van der Waals surface area contributed by atoms with Crippen molar-refractivity contribution in [1.29, 1.82) is 5.26 Å². The van der Waals surface area contributed by atoms with Crippen LogP contribution < -0.4 is 16.6 Å². The number of alkyl halides is 3. The van der Waals surface area contributed by atoms with Gasteiger partial charge in [0.1, 0.15) is 22.4 Å². The average molecular weight is 678 g/mol. The molecule has 2 fully saturated rings. The largest absolute Gasteiger partial charge is 0.444 e. The van der Waals surface area contributed by atoms with E-state index in [9.17, 15) is 28.0 Å². The lowest BCUT2D eigenvalue weighted by molar-refractivity contribution is -0.187. The van der Waals surface area contributed by atoms with Crippen LogP contribution in [-0.4, -0.2) is 70.2 Å². The quantitative estimate of drug-likeness (QED) is 0.190. The first-order valence-corrected chi connectivity index (χ1v) is 16.3. The van der Waals surface area contributed by atoms with Crippen LogP contribution in [0, 0.1) is 11.3 Å². The van der Waals surface area contributed by atoms with Crippen LogP contribution in [0.4, 0.5) is 29.3 Å². The minimum absolute atomic E-state index is 0.0394. The lowest BCUT2D eigenvalue weighted by Gasteiger charge is -2.42. The van der Waals surface area contributed by atoms with Crippen molar-refractivity contribution >= 4 is 23.3 Å². The van der Waals surface area contributed by atoms with Gasteiger partial charge in [0, 0.05) is 32.4 Å². The number of likely N-dealkylation sites (tertiary alicyclic amines) is 2. The number of nitriles is 1. The van der Waals surface area contributed by atoms with E-state index in [2.05, 4.69) is 21.4 Å². The first kappa shape index (κ1) is 35.5. The Hall–Kier alpha value is -4.83. The van der Waals surface area contributed by atoms with Gasteiger partial charge in [-0.3, -0.25) is 9.69 Å². The van der Waals surface area contributed by atoms with Crippen molar-refractivity contribution in [2.24, 2.45) is 10.7 Å². The summed E-state index contributed by atoms with van der Waals surface area (Å²) in [6, 6.07) is 19.1. The fourth-order valence-corrected chi connectivity index (χ4v) is 6.61. The van der Waals surface area contributed by atoms with Crippen molar-refractivity contribution in [1.82, 2.24) is 14.8 Å². The fraction of sp³-hybridized carbons (Fsp3) is 0.444. The number of aliphatic imine (C=N–C) groups is 1. The molecule has 0 saturated carbocycles. The average Bonchev–Trinajstić information content (AvgIpc) is 3.47. The molecule has 2 aliphatic rings. The maximum absolute atomic E-state index is 14.7. The molecular weight excluding hydrogens is 635 g/mol. The number of rotatable bonds is 8. The third-order valence-corrected chi connectivity index (χ3v) is 9.22. The zero-order chi connectivity index (χ0) is 35.5. The molecule has 1 unspecified atom stereocenters. The number of hydrogen-bond donors (Lipinski definition) is 3. The number of nitrogens with one attached hydrogen (secondary N) is 2. The molecule has 10 nitrogen and oxygen atoms in total. The molecule has 2 aliphatic heterocycles. The number of H-pyrrole nitrogens is 1. The van der Waals surface area contributed by atoms with Gasteiger partial charge in [0.05, 0.1) is 29.4 Å². The summed E-state index contributed by atoms with van der Waals surface area (Å²) in [4.78, 5) is 36.1. The lowest BCUT2D eigenvalue weighted by atomic mass is 9.79. The Labute approximate surface area is 283 Å². The summed E-state index contributed by atoms with van der Waals surface area (Å²) in [6.07, 6.45) is -2.60. The number of benzene rings is 2. The number of amides is 1. The van der Waals surface area contributed by atoms with Crippen LogP contribution in [0.1, 0.15) is 63.1 Å². The molecule has 260 valence electrons. The molecule has 1 amide bonds. The summed E-state index contributed by atoms with van der Waals surface area (Å²) in [5.41, 5.74) is 4.19. The molecule has 4 N–H and O–H groups in total. The Morgan fingerprint density at radius 2 is 1.71 bits per heavy atom. The summed E-state index contributed by atoms with van der Waals surface area (Å²) in [5.74, 6) is -0.143. The van der Waals surface area contributed by atoms with Gasteiger partial charge >= 0.3 is 12.3 Å². The number of piperidine rings is 1. The molecule has 0 aliphatic carbocycles. The number of carbonyl (C=O) groups is 1. The highest BCUT2D eigenvalue weighted by Gasteiger charge is 2.58. The standard InChI is InChI=1S/C36H42F3N7O3/c1-33(2,3)49-32(48)46-21-15-34(14-18-40,16-22-46)44-28-13-19-42-31(47)29(28)30(41)43-27-11-9-26(10-12-27)35(36(37,38)39)17-20-45(24-35)23-25-7-5-4-6-8-25/h4-13,19H,14-17,20-24H2,1-3H3,(H2,41,43)(H2,42,44,47). The lowest BCUT2D eigenvalue weighted by Crippen LogP contribution is -2.52. The summed E-state index contributed by atoms with van der Waals surface area (Å²) in [7, 11) is 0. The monoisotopic (exact) mass is 677 g/mol. The van der Waals surface area contributed by atoms with Crippen molar-refractivity contribution in [2.45, 2.75) is 75.7 Å². The van der Waals surface area contributed by atoms with Gasteiger partial charge < -0.3 is 25.7 Å². The molecule has 0 spiro atoms. The molecule has 0 radical (unpaired) electrons. The summed E-state index contributed by atoms with van der Waals surface area (Å²) in [6.45, 7) is 6.62. The van der Waals surface area contributed by atoms with Crippen LogP contribution in [0.2, 0.25) is 0 Å². The zero-order valence-corrected chi connectivity index (χ0v) is 27.9. The van der Waals surface area contributed by atoms with E-state index in [4.69, 9.17) is 10.5 Å². The van der Waals surface area contributed by atoms with E-state index in [0.717, 1.165) is 5.56 Å². The molecule has 2 saturated heterocycles. The van der Waals surface area contributed by atoms with Crippen LogP contribution in [0.3, 0.4) is 0 Å². The summed E-state index contributed by atoms with van der Waals surface area (Å²) >= 11 is 0. The molecular formula is C36H42F3N7O3. The molecule has 49 heavy (non-hydrogen) atoms. The smallest absolute Gasteiger partial charge is 0.410 e. The molecule has 0 bridgehead atoms. The number of carbonyl (C=O) groups excluding carboxylic acids is 1. The first-order valence-electron chi connectivity index (χ1n) is 16.3. The van der Waals surface area contributed by atoms with Gasteiger partial charge in [0.15, 0.2) is 0 Å². The number of pyridine rings is 1. The number of aromatic amines is 1. The third-order valence-electron chi connectivity index (χ3n) is 9.22. The van der Waals surface area contributed by atoms with E-state index < -0.39 is 34.4 Å². The van der Waals surface area contributed by atoms with E-state index in [1.54, 1.807) is 31.7 Å². The van der Waals surface area contributed by atoms with Crippen LogP contribution in [0.15, 0.2) is 76.6 Å². The van der Waals surface area contributed by atoms with Crippen LogP contribution in [0.25, 0.3) is 0 Å². The number of amidine groups is 1. The van der Waals surface area contributed by atoms with E-state index >= 15 is 0 Å². The van der Waals surface area contributed by atoms with Gasteiger partial charge in [-0.25, -0.2) is 9.79 Å². The number of nitrogens with zero attached hydrogens (tertiary/aromatic N) is 4. The van der Waals surface area contributed by atoms with Gasteiger partial charge in [-0.05, 0) is 75.9 Å². The summed E-state index contributed by atoms with van der Waals surface area (Å²) in [5, 5.41) is 13.0. The van der Waals surface area contributed by atoms with Gasteiger partial charge in [0.2, 0.25) is 0 Å². The minimum Gasteiger partial charge on any atom is -0.444 e. The topological polar surface area (TPSA) is 140 Å². The first-order chi connectivity index (χ1) is 23.1. The van der Waals surface area contributed by atoms with Gasteiger partial charge in [-0.1, -0.05) is 42.5 Å². The molecule has 3 aromatic rings. The number of nitrogens with two attached hydrogens (primary N) is 1. The zero-order valence-electron chi connectivity index (χ0n) is 27.9. The van der Waals surface area contributed by atoms with E-state index in [1.807, 2.05) is 35.2 Å². The number of anilines is 1. The Kier molecular flexibility index (Phi) is 10.1. The molecule has 13 heteroatoms. The summed E-state index contributed by atoms with van der Waals surface area (Å²) < 4.78 is 49.5. The van der Waals surface area contributed by atoms with Crippen molar-refractivity contribution in [2.75, 3.05) is 31.5 Å². The normalized spacial score (nSPS) is 20.1. The highest BCUT2D eigenvalue weighted by Crippen LogP contribution is 2.48. The second kappa shape index (κ2) is 14.0. The number of ether oxygens (including phenoxy) is 1. The SMILES string of the molecule is CC(C)(C)OC(=O)N1CCC(CC#N)(Nc2cc[nH]c(=O)c2C(N)=Nc2ccc(C3(C(F)(F)F)CCN(Cc4ccccc4)C3)cc2)CC1. The number of halogens is 3. The minimum atomic E-state index is -4.47. The number of aromatic nitrogens is 1. The maximum Gasteiger partial charge on any atom is 0.410 e. The maximum atomic E-state index is 14.7. The Morgan fingerprint density at radius 3 is 2.33 bits per heavy atom.